The molecule has 8 heteroatoms. The lowest BCUT2D eigenvalue weighted by atomic mass is 9.90. The summed E-state index contributed by atoms with van der Waals surface area (Å²) in [5.41, 5.74) is 3.56. The number of hydrogen-bond donors (Lipinski definition) is 0. The minimum Gasteiger partial charge on any atom is -0.382 e. The molecule has 0 N–H and O–H groups in total. The van der Waals surface area contributed by atoms with Crippen LogP contribution in [0.1, 0.15) is 46.3 Å². The predicted molar refractivity (Wildman–Crippen MR) is 117 cm³/mol. The van der Waals surface area contributed by atoms with E-state index in [-0.39, 0.29) is 11.8 Å². The van der Waals surface area contributed by atoms with Crippen molar-refractivity contribution in [1.82, 2.24) is 24.6 Å². The first kappa shape index (κ1) is 21.4. The Balaban J connectivity index is 1.45. The molecule has 4 rings (SSSR count). The number of hydrogen-bond acceptors (Lipinski definition) is 6. The number of nitrogens with zero attached hydrogens (tertiary/aromatic N) is 5. The molecule has 1 aliphatic heterocycles. The van der Waals surface area contributed by atoms with E-state index in [1.54, 1.807) is 11.8 Å². The average Bonchev–Trinajstić information content (AvgIpc) is 3.14. The summed E-state index contributed by atoms with van der Waals surface area (Å²) in [5, 5.41) is 5.40. The summed E-state index contributed by atoms with van der Waals surface area (Å²) >= 11 is 0. The Morgan fingerprint density at radius 3 is 2.74 bits per heavy atom. The third kappa shape index (κ3) is 4.60. The summed E-state index contributed by atoms with van der Waals surface area (Å²) in [6, 6.07) is 7.85. The van der Waals surface area contributed by atoms with Gasteiger partial charge >= 0.3 is 0 Å². The molecule has 31 heavy (non-hydrogen) atoms. The van der Waals surface area contributed by atoms with Crippen molar-refractivity contribution in [2.24, 2.45) is 7.05 Å². The van der Waals surface area contributed by atoms with E-state index in [1.807, 2.05) is 49.3 Å². The van der Waals surface area contributed by atoms with Crippen LogP contribution in [0.25, 0.3) is 10.9 Å². The fourth-order valence-electron chi connectivity index (χ4n) is 4.18. The van der Waals surface area contributed by atoms with E-state index in [1.165, 1.54) is 0 Å². The quantitative estimate of drug-likeness (QED) is 0.544. The Kier molecular flexibility index (Phi) is 6.58. The molecule has 0 radical (unpaired) electrons. The molecule has 3 heterocycles. The second kappa shape index (κ2) is 9.53. The number of aromatic nitrogens is 4. The van der Waals surface area contributed by atoms with Crippen molar-refractivity contribution in [1.29, 1.82) is 0 Å². The Labute approximate surface area is 182 Å². The summed E-state index contributed by atoms with van der Waals surface area (Å²) in [7, 11) is 3.53. The van der Waals surface area contributed by atoms with E-state index in [0.29, 0.717) is 38.6 Å². The zero-order valence-corrected chi connectivity index (χ0v) is 18.4. The zero-order chi connectivity index (χ0) is 21.8. The second-order valence-electron chi connectivity index (χ2n) is 7.93. The van der Waals surface area contributed by atoms with E-state index < -0.39 is 0 Å². The van der Waals surface area contributed by atoms with Crippen molar-refractivity contribution in [3.63, 3.8) is 0 Å². The van der Waals surface area contributed by atoms with Gasteiger partial charge < -0.3 is 14.4 Å². The number of rotatable bonds is 7. The van der Waals surface area contributed by atoms with E-state index >= 15 is 0 Å². The van der Waals surface area contributed by atoms with E-state index in [4.69, 9.17) is 14.5 Å². The Bertz CT molecular complexity index is 1060. The number of piperidine rings is 1. The van der Waals surface area contributed by atoms with Gasteiger partial charge in [-0.25, -0.2) is 9.97 Å². The van der Waals surface area contributed by atoms with Crippen LogP contribution >= 0.6 is 0 Å². The minimum absolute atomic E-state index is 0.00256. The molecule has 164 valence electrons. The summed E-state index contributed by atoms with van der Waals surface area (Å²) in [4.78, 5) is 24.2. The molecule has 8 nitrogen and oxygen atoms in total. The highest BCUT2D eigenvalue weighted by Crippen LogP contribution is 2.30. The summed E-state index contributed by atoms with van der Waals surface area (Å²) in [5.74, 6) is 1.04. The minimum atomic E-state index is -0.00256. The van der Waals surface area contributed by atoms with E-state index in [0.717, 1.165) is 40.8 Å². The first-order valence-corrected chi connectivity index (χ1v) is 10.7. The molecule has 0 spiro atoms. The number of ether oxygens (including phenoxy) is 2. The number of likely N-dealkylation sites (tertiary alicyclic amines) is 1. The molecule has 1 fully saturated rings. The molecule has 1 amide bonds. The fraction of sp³-hybridized carbons (Fsp3) is 0.478. The highest BCUT2D eigenvalue weighted by Gasteiger charge is 2.29. The molecular weight excluding hydrogens is 394 g/mol. The third-order valence-corrected chi connectivity index (χ3v) is 5.84. The summed E-state index contributed by atoms with van der Waals surface area (Å²) in [6.07, 6.45) is 3.58. The molecule has 2 aromatic heterocycles. The number of aryl methyl sites for hydroxylation is 2. The predicted octanol–water partition coefficient (Wildman–Crippen LogP) is 2.85. The first-order chi connectivity index (χ1) is 15.1. The topological polar surface area (TPSA) is 82.4 Å². The van der Waals surface area contributed by atoms with E-state index in [2.05, 4.69) is 10.1 Å². The van der Waals surface area contributed by atoms with Crippen LogP contribution < -0.4 is 0 Å². The Hall–Kier alpha value is -2.84. The molecule has 0 saturated carbocycles. The van der Waals surface area contributed by atoms with Crippen LogP contribution in [-0.2, 0) is 23.1 Å². The highest BCUT2D eigenvalue weighted by atomic mass is 16.5. The van der Waals surface area contributed by atoms with Crippen LogP contribution in [0.3, 0.4) is 0 Å². The summed E-state index contributed by atoms with van der Waals surface area (Å²) < 4.78 is 12.5. The Morgan fingerprint density at radius 2 is 1.97 bits per heavy atom. The Morgan fingerprint density at radius 1 is 1.19 bits per heavy atom. The molecular formula is C23H29N5O3. The summed E-state index contributed by atoms with van der Waals surface area (Å²) in [6.45, 7) is 4.84. The van der Waals surface area contributed by atoms with Crippen LogP contribution in [0, 0.1) is 6.92 Å². The smallest absolute Gasteiger partial charge is 0.275 e. The molecule has 1 aliphatic rings. The fourth-order valence-corrected chi connectivity index (χ4v) is 4.18. The van der Waals surface area contributed by atoms with Crippen LogP contribution in [0.2, 0.25) is 0 Å². The van der Waals surface area contributed by atoms with Gasteiger partial charge in [-0.15, -0.1) is 0 Å². The van der Waals surface area contributed by atoms with Gasteiger partial charge in [0, 0.05) is 50.3 Å². The number of benzene rings is 1. The zero-order valence-electron chi connectivity index (χ0n) is 18.4. The van der Waals surface area contributed by atoms with Crippen LogP contribution in [0.5, 0.6) is 0 Å². The van der Waals surface area contributed by atoms with Crippen molar-refractivity contribution in [2.45, 2.75) is 32.3 Å². The lowest BCUT2D eigenvalue weighted by molar-refractivity contribution is 0.0604. The van der Waals surface area contributed by atoms with Gasteiger partial charge in [-0.2, -0.15) is 5.10 Å². The first-order valence-electron chi connectivity index (χ1n) is 10.7. The second-order valence-corrected chi connectivity index (χ2v) is 7.93. The van der Waals surface area contributed by atoms with Crippen LogP contribution in [0.4, 0.5) is 0 Å². The van der Waals surface area contributed by atoms with Gasteiger partial charge in [-0.3, -0.25) is 9.48 Å². The van der Waals surface area contributed by atoms with Gasteiger partial charge in [0.1, 0.15) is 5.82 Å². The maximum atomic E-state index is 13.2. The lowest BCUT2D eigenvalue weighted by Crippen LogP contribution is -2.38. The maximum absolute atomic E-state index is 13.2. The maximum Gasteiger partial charge on any atom is 0.275 e. The van der Waals surface area contributed by atoms with Crippen molar-refractivity contribution >= 4 is 16.8 Å². The lowest BCUT2D eigenvalue weighted by Gasteiger charge is -2.32. The molecule has 1 saturated heterocycles. The highest BCUT2D eigenvalue weighted by molar-refractivity contribution is 6.04. The number of fused-ring (bicyclic) bond motifs is 1. The number of methoxy groups -OCH3 is 1. The van der Waals surface area contributed by atoms with Crippen molar-refractivity contribution in [2.75, 3.05) is 33.4 Å². The van der Waals surface area contributed by atoms with Crippen molar-refractivity contribution < 1.29 is 14.3 Å². The average molecular weight is 424 g/mol. The molecule has 0 aliphatic carbocycles. The molecule has 0 unspecified atom stereocenters. The normalized spacial score (nSPS) is 15.0. The molecule has 3 aromatic rings. The van der Waals surface area contributed by atoms with Gasteiger partial charge in [-0.05, 0) is 25.8 Å². The molecule has 0 atom stereocenters. The van der Waals surface area contributed by atoms with Crippen molar-refractivity contribution in [3.05, 3.63) is 53.2 Å². The third-order valence-electron chi connectivity index (χ3n) is 5.84. The van der Waals surface area contributed by atoms with Crippen LogP contribution in [0.15, 0.2) is 30.5 Å². The number of amides is 1. The van der Waals surface area contributed by atoms with Gasteiger partial charge in [0.05, 0.1) is 31.0 Å². The van der Waals surface area contributed by atoms with Crippen LogP contribution in [-0.4, -0.2) is 64.0 Å². The van der Waals surface area contributed by atoms with Gasteiger partial charge in [0.2, 0.25) is 0 Å². The monoisotopic (exact) mass is 423 g/mol. The van der Waals surface area contributed by atoms with E-state index in [9.17, 15) is 4.79 Å². The molecule has 1 aromatic carbocycles. The SMILES string of the molecule is COCCOCc1cnc(C)nc1C1CCN(C(=O)c2nn(C)c3ccccc23)CC1. The largest absolute Gasteiger partial charge is 0.382 e. The standard InChI is InChI=1S/C23H29N5O3/c1-16-24-14-18(15-31-13-12-30-3)21(25-16)17-8-10-28(11-9-17)23(29)22-19-6-4-5-7-20(19)27(2)26-22/h4-7,14,17H,8-13,15H2,1-3H3. The molecule has 0 bridgehead atoms. The number of carbonyl (C=O) groups is 1. The van der Waals surface area contributed by atoms with Gasteiger partial charge in [-0.1, -0.05) is 18.2 Å². The van der Waals surface area contributed by atoms with Crippen molar-refractivity contribution in [3.8, 4) is 0 Å². The van der Waals surface area contributed by atoms with Gasteiger partial charge in [0.15, 0.2) is 5.69 Å². The number of carbonyl (C=O) groups excluding carboxylic acids is 1. The van der Waals surface area contributed by atoms with Gasteiger partial charge in [0.25, 0.3) is 5.91 Å². The number of para-hydroxylation sites is 1.